The summed E-state index contributed by atoms with van der Waals surface area (Å²) in [5, 5.41) is 1.25. The molecule has 0 saturated heterocycles. The Morgan fingerprint density at radius 1 is 0.617 bits per heavy atom. The van der Waals surface area contributed by atoms with Gasteiger partial charge >= 0.3 is 6.36 Å². The van der Waals surface area contributed by atoms with Crippen LogP contribution in [0.4, 0.5) is 22.0 Å². The summed E-state index contributed by atoms with van der Waals surface area (Å²) >= 11 is 0. The second-order valence-electron chi connectivity index (χ2n) is 10.9. The number of rotatable bonds is 5. The maximum absolute atomic E-state index is 14.1. The number of ether oxygens (including phenoxy) is 1. The first-order valence-corrected chi connectivity index (χ1v) is 18.1. The Hall–Kier alpha value is -2.41. The highest BCUT2D eigenvalue weighted by Crippen LogP contribution is 2.33. The maximum atomic E-state index is 14.1. The van der Waals surface area contributed by atoms with Gasteiger partial charge in [-0.25, -0.2) is 26.6 Å². The van der Waals surface area contributed by atoms with E-state index in [2.05, 4.69) is 14.2 Å². The van der Waals surface area contributed by atoms with E-state index in [1.165, 1.54) is 19.1 Å². The van der Waals surface area contributed by atoms with Gasteiger partial charge in [0, 0.05) is 16.5 Å². The Balaban J connectivity index is -0.000000679. The van der Waals surface area contributed by atoms with Gasteiger partial charge in [-0.05, 0) is 90.1 Å². The molecule has 0 aromatic heterocycles. The Labute approximate surface area is 285 Å². The lowest BCUT2D eigenvalue weighted by Gasteiger charge is -2.21. The largest absolute Gasteiger partial charge is 0.573 e. The average molecular weight is 713 g/mol. The molecule has 2 unspecified atom stereocenters. The number of halogens is 5. The van der Waals surface area contributed by atoms with Crippen molar-refractivity contribution in [3.05, 3.63) is 65.2 Å². The molecule has 0 aliphatic rings. The van der Waals surface area contributed by atoms with E-state index in [-0.39, 0.29) is 21.8 Å². The Bertz CT molecular complexity index is 1380. The maximum Gasteiger partial charge on any atom is 0.573 e. The van der Waals surface area contributed by atoms with E-state index in [1.54, 1.807) is 32.9 Å². The first kappa shape index (κ1) is 49.0. The molecule has 2 N–H and O–H groups in total. The summed E-state index contributed by atoms with van der Waals surface area (Å²) in [6, 6.07) is 10.9. The average Bonchev–Trinajstić information content (AvgIpc) is 2.98. The number of benzene rings is 3. The van der Waals surface area contributed by atoms with Crippen LogP contribution in [0.25, 0.3) is 10.8 Å². The molecule has 0 spiro atoms. The third-order valence-corrected chi connectivity index (χ3v) is 7.89. The van der Waals surface area contributed by atoms with Crippen LogP contribution in [0.5, 0.6) is 5.75 Å². The summed E-state index contributed by atoms with van der Waals surface area (Å²) in [5.41, 5.74) is 0.0291. The van der Waals surface area contributed by atoms with Crippen molar-refractivity contribution in [1.29, 1.82) is 0 Å². The number of alkyl halides is 3. The molecule has 0 aliphatic carbocycles. The molecular formula is C35H57F5N2O3S2. The molecule has 0 radical (unpaired) electrons. The fraction of sp³-hybridized carbons (Fsp3) is 0.543. The lowest BCUT2D eigenvalue weighted by Crippen LogP contribution is -2.37. The van der Waals surface area contributed by atoms with Crippen molar-refractivity contribution in [2.24, 2.45) is 0 Å². The molecule has 47 heavy (non-hydrogen) atoms. The van der Waals surface area contributed by atoms with Crippen molar-refractivity contribution in [3.63, 3.8) is 0 Å². The second-order valence-corrected chi connectivity index (χ2v) is 13.2. The summed E-state index contributed by atoms with van der Waals surface area (Å²) in [6.45, 7) is 30.0. The molecule has 0 fully saturated rings. The molecule has 5 nitrogen and oxygen atoms in total. The Morgan fingerprint density at radius 2 is 1.02 bits per heavy atom. The molecule has 0 heterocycles. The van der Waals surface area contributed by atoms with Gasteiger partial charge in [0.15, 0.2) is 11.6 Å². The third-order valence-electron chi connectivity index (χ3n) is 4.84. The lowest BCUT2D eigenvalue weighted by molar-refractivity contribution is -0.276. The lowest BCUT2D eigenvalue weighted by atomic mass is 10.1. The zero-order valence-corrected chi connectivity index (χ0v) is 32.6. The molecule has 0 bridgehead atoms. The van der Waals surface area contributed by atoms with E-state index in [9.17, 15) is 30.4 Å². The summed E-state index contributed by atoms with van der Waals surface area (Å²) < 4.78 is 98.4. The summed E-state index contributed by atoms with van der Waals surface area (Å²) in [5.74, 6) is -2.57. The molecule has 12 heteroatoms. The van der Waals surface area contributed by atoms with Crippen LogP contribution in [0.2, 0.25) is 0 Å². The van der Waals surface area contributed by atoms with E-state index in [0.717, 1.165) is 17.0 Å². The third kappa shape index (κ3) is 18.1. The molecule has 3 aromatic carbocycles. The Morgan fingerprint density at radius 3 is 1.45 bits per heavy atom. The van der Waals surface area contributed by atoms with Gasteiger partial charge in [0.1, 0.15) is 27.8 Å². The van der Waals surface area contributed by atoms with Crippen molar-refractivity contribution < 1.29 is 35.1 Å². The van der Waals surface area contributed by atoms with Gasteiger partial charge in [-0.15, -0.1) is 13.2 Å². The van der Waals surface area contributed by atoms with Crippen LogP contribution in [0.1, 0.15) is 108 Å². The molecule has 3 aromatic rings. The summed E-state index contributed by atoms with van der Waals surface area (Å²) in [6.07, 6.45) is -5.06. The van der Waals surface area contributed by atoms with Gasteiger partial charge in [0.25, 0.3) is 0 Å². The minimum atomic E-state index is -5.06. The van der Waals surface area contributed by atoms with E-state index in [4.69, 9.17) is 0 Å². The van der Waals surface area contributed by atoms with Crippen LogP contribution in [-0.2, 0) is 22.0 Å². The first-order chi connectivity index (χ1) is 21.7. The van der Waals surface area contributed by atoms with Crippen LogP contribution in [0, 0.1) is 25.5 Å². The quantitative estimate of drug-likeness (QED) is 0.259. The van der Waals surface area contributed by atoms with Crippen LogP contribution < -0.4 is 14.2 Å². The molecule has 0 saturated carbocycles. The zero-order chi connectivity index (χ0) is 37.9. The van der Waals surface area contributed by atoms with Crippen LogP contribution in [0.15, 0.2) is 52.3 Å². The highest BCUT2D eigenvalue weighted by atomic mass is 32.2. The van der Waals surface area contributed by atoms with Crippen molar-refractivity contribution in [1.82, 2.24) is 9.44 Å². The highest BCUT2D eigenvalue weighted by molar-refractivity contribution is 7.83. The smallest absolute Gasteiger partial charge is 0.401 e. The highest BCUT2D eigenvalue weighted by Gasteiger charge is 2.35. The van der Waals surface area contributed by atoms with Gasteiger partial charge < -0.3 is 4.74 Å². The van der Waals surface area contributed by atoms with E-state index < -0.39 is 45.4 Å². The van der Waals surface area contributed by atoms with Gasteiger partial charge in [0.2, 0.25) is 0 Å². The van der Waals surface area contributed by atoms with Crippen LogP contribution >= 0.6 is 0 Å². The predicted octanol–water partition coefficient (Wildman–Crippen LogP) is 11.2. The fourth-order valence-corrected chi connectivity index (χ4v) is 5.70. The van der Waals surface area contributed by atoms with E-state index >= 15 is 0 Å². The molecule has 2 atom stereocenters. The van der Waals surface area contributed by atoms with Crippen molar-refractivity contribution in [2.45, 2.75) is 138 Å². The number of fused-ring (bicyclic) bond motifs is 1. The van der Waals surface area contributed by atoms with E-state index in [0.29, 0.717) is 10.3 Å². The number of nitrogens with one attached hydrogen (secondary N) is 2. The van der Waals surface area contributed by atoms with Crippen molar-refractivity contribution in [2.75, 3.05) is 0 Å². The second kappa shape index (κ2) is 23.0. The van der Waals surface area contributed by atoms with E-state index in [1.807, 2.05) is 95.2 Å². The summed E-state index contributed by atoms with van der Waals surface area (Å²) in [4.78, 5) is 0.106. The molecule has 3 rings (SSSR count). The number of hydrogen-bond donors (Lipinski definition) is 2. The standard InChI is InChI=1S/C15H18FNOS.C12H15F4NO2S.4C2H6/c1-10-8-9-13(19(18)17-15(2,3)4)14-11(10)6-5-7-12(14)16;1-7-5-6-8(20(18)17-11(2,3)4)10(9(7)13)19-12(14,15)16;4*1-2/h5-9,17H,1-4H3;5-6,17H,1-4H3;4*1-2H3. The molecule has 0 aliphatic heterocycles. The van der Waals surface area contributed by atoms with Crippen molar-refractivity contribution in [3.8, 4) is 5.75 Å². The van der Waals surface area contributed by atoms with Gasteiger partial charge in [-0.2, -0.15) is 0 Å². The first-order valence-electron chi connectivity index (χ1n) is 15.8. The SMILES string of the molecule is CC.CC.CC.CC.Cc1ccc(S(=O)NC(C)(C)C)c(OC(F)(F)F)c1F.Cc1ccc(S(=O)NC(C)(C)C)c2c(F)cccc12. The van der Waals surface area contributed by atoms with Crippen LogP contribution in [0.3, 0.4) is 0 Å². The minimum Gasteiger partial charge on any atom is -0.401 e. The zero-order valence-electron chi connectivity index (χ0n) is 31.0. The minimum absolute atomic E-state index is 0.0271. The van der Waals surface area contributed by atoms with Gasteiger partial charge in [0.05, 0.1) is 9.79 Å². The predicted molar refractivity (Wildman–Crippen MR) is 190 cm³/mol. The van der Waals surface area contributed by atoms with Crippen LogP contribution in [-0.4, -0.2) is 25.9 Å². The van der Waals surface area contributed by atoms with Gasteiger partial charge in [-0.3, -0.25) is 0 Å². The van der Waals surface area contributed by atoms with Gasteiger partial charge in [-0.1, -0.05) is 79.7 Å². The molecular weight excluding hydrogens is 656 g/mol. The normalized spacial score (nSPS) is 12.1. The fourth-order valence-electron chi connectivity index (χ4n) is 3.29. The summed E-state index contributed by atoms with van der Waals surface area (Å²) in [7, 11) is -3.47. The topological polar surface area (TPSA) is 67.4 Å². The monoisotopic (exact) mass is 712 g/mol. The Kier molecular flexibility index (Phi) is 24.0. The molecule has 272 valence electrons. The van der Waals surface area contributed by atoms with Crippen molar-refractivity contribution >= 4 is 32.7 Å². The number of hydrogen-bond acceptors (Lipinski definition) is 3. The molecule has 0 amide bonds. The number of aryl methyl sites for hydroxylation is 2.